The van der Waals surface area contributed by atoms with Crippen LogP contribution in [0, 0.1) is 0 Å². The van der Waals surface area contributed by atoms with Gasteiger partial charge in [-0.1, -0.05) is 18.2 Å². The van der Waals surface area contributed by atoms with Crippen LogP contribution in [0.5, 0.6) is 0 Å². The molecule has 0 saturated carbocycles. The van der Waals surface area contributed by atoms with Gasteiger partial charge in [0.25, 0.3) is 0 Å². The van der Waals surface area contributed by atoms with Crippen molar-refractivity contribution in [3.05, 3.63) is 54.6 Å². The number of rotatable bonds is 5. The lowest BCUT2D eigenvalue weighted by molar-refractivity contribution is 0.262. The minimum atomic E-state index is -0.239. The van der Waals surface area contributed by atoms with Gasteiger partial charge in [0.2, 0.25) is 0 Å². The van der Waals surface area contributed by atoms with E-state index in [1.54, 1.807) is 0 Å². The van der Waals surface area contributed by atoms with Crippen LogP contribution in [0.4, 0.5) is 21.9 Å². The zero-order valence-corrected chi connectivity index (χ0v) is 12.5. The molecular formula is C17H21N3O. The number of nitrogens with one attached hydrogen (secondary N) is 2. The van der Waals surface area contributed by atoms with Crippen LogP contribution in [-0.4, -0.2) is 19.1 Å². The fourth-order valence-electron chi connectivity index (χ4n) is 2.16. The summed E-state index contributed by atoms with van der Waals surface area (Å²) in [7, 11) is 0. The number of para-hydroxylation sites is 1. The smallest absolute Gasteiger partial charge is 0.323 e. The van der Waals surface area contributed by atoms with Crippen LogP contribution >= 0.6 is 0 Å². The maximum absolute atomic E-state index is 11.9. The standard InChI is InChI=1S/C17H21N3O/c1-3-20(4-2)16-12-10-15(11-13-16)19-17(21)18-14-8-6-5-7-9-14/h5-13H,3-4H2,1-2H3,(H2,18,19,21). The fourth-order valence-corrected chi connectivity index (χ4v) is 2.16. The number of benzene rings is 2. The second kappa shape index (κ2) is 7.33. The highest BCUT2D eigenvalue weighted by Gasteiger charge is 2.04. The number of hydrogen-bond acceptors (Lipinski definition) is 2. The summed E-state index contributed by atoms with van der Waals surface area (Å²) in [6.07, 6.45) is 0. The van der Waals surface area contributed by atoms with E-state index in [2.05, 4.69) is 29.4 Å². The maximum atomic E-state index is 11.9. The molecule has 0 heterocycles. The molecule has 0 fully saturated rings. The van der Waals surface area contributed by atoms with E-state index in [9.17, 15) is 4.79 Å². The molecule has 0 saturated heterocycles. The molecule has 4 nitrogen and oxygen atoms in total. The summed E-state index contributed by atoms with van der Waals surface area (Å²) >= 11 is 0. The molecule has 0 spiro atoms. The fraction of sp³-hybridized carbons (Fsp3) is 0.235. The van der Waals surface area contributed by atoms with Crippen molar-refractivity contribution in [2.45, 2.75) is 13.8 Å². The van der Waals surface area contributed by atoms with Gasteiger partial charge in [0.15, 0.2) is 0 Å². The molecule has 2 N–H and O–H groups in total. The van der Waals surface area contributed by atoms with Gasteiger partial charge in [-0.05, 0) is 50.2 Å². The Hall–Kier alpha value is -2.49. The van der Waals surface area contributed by atoms with E-state index < -0.39 is 0 Å². The zero-order valence-electron chi connectivity index (χ0n) is 12.5. The summed E-state index contributed by atoms with van der Waals surface area (Å²) < 4.78 is 0. The van der Waals surface area contributed by atoms with Gasteiger partial charge in [-0.25, -0.2) is 4.79 Å². The molecule has 2 aromatic rings. The first-order valence-electron chi connectivity index (χ1n) is 7.21. The van der Waals surface area contributed by atoms with Gasteiger partial charge in [-0.3, -0.25) is 0 Å². The third-order valence-electron chi connectivity index (χ3n) is 3.29. The van der Waals surface area contributed by atoms with Crippen molar-refractivity contribution < 1.29 is 4.79 Å². The van der Waals surface area contributed by atoms with Crippen LogP contribution in [0.1, 0.15) is 13.8 Å². The first kappa shape index (κ1) is 14.9. The molecule has 2 aromatic carbocycles. The van der Waals surface area contributed by atoms with Crippen LogP contribution in [0.25, 0.3) is 0 Å². The van der Waals surface area contributed by atoms with Gasteiger partial charge in [-0.15, -0.1) is 0 Å². The number of urea groups is 1. The summed E-state index contributed by atoms with van der Waals surface area (Å²) in [4.78, 5) is 14.1. The minimum absolute atomic E-state index is 0.239. The molecule has 0 unspecified atom stereocenters. The normalized spacial score (nSPS) is 10.0. The number of carbonyl (C=O) groups excluding carboxylic acids is 1. The van der Waals surface area contributed by atoms with Crippen LogP contribution in [-0.2, 0) is 0 Å². The molecule has 0 atom stereocenters. The molecular weight excluding hydrogens is 262 g/mol. The molecule has 0 aliphatic carbocycles. The average Bonchev–Trinajstić information content (AvgIpc) is 2.51. The molecule has 2 rings (SSSR count). The predicted octanol–water partition coefficient (Wildman–Crippen LogP) is 4.18. The Balaban J connectivity index is 1.95. The van der Waals surface area contributed by atoms with Crippen molar-refractivity contribution in [1.29, 1.82) is 0 Å². The Kier molecular flexibility index (Phi) is 5.21. The average molecular weight is 283 g/mol. The highest BCUT2D eigenvalue weighted by molar-refractivity contribution is 5.99. The van der Waals surface area contributed by atoms with Crippen molar-refractivity contribution in [3.8, 4) is 0 Å². The van der Waals surface area contributed by atoms with Gasteiger partial charge >= 0.3 is 6.03 Å². The van der Waals surface area contributed by atoms with E-state index in [4.69, 9.17) is 0 Å². The van der Waals surface area contributed by atoms with Gasteiger partial charge in [-0.2, -0.15) is 0 Å². The molecule has 0 aliphatic rings. The molecule has 0 radical (unpaired) electrons. The minimum Gasteiger partial charge on any atom is -0.372 e. The number of amides is 2. The quantitative estimate of drug-likeness (QED) is 0.864. The maximum Gasteiger partial charge on any atom is 0.323 e. The van der Waals surface area contributed by atoms with E-state index in [-0.39, 0.29) is 6.03 Å². The lowest BCUT2D eigenvalue weighted by Gasteiger charge is -2.21. The summed E-state index contributed by atoms with van der Waals surface area (Å²) in [5.41, 5.74) is 2.71. The number of carbonyl (C=O) groups is 1. The highest BCUT2D eigenvalue weighted by atomic mass is 16.2. The van der Waals surface area contributed by atoms with Crippen molar-refractivity contribution in [1.82, 2.24) is 0 Å². The Morgan fingerprint density at radius 1 is 0.857 bits per heavy atom. The number of nitrogens with zero attached hydrogens (tertiary/aromatic N) is 1. The third-order valence-corrected chi connectivity index (χ3v) is 3.29. The lowest BCUT2D eigenvalue weighted by atomic mass is 10.2. The summed E-state index contributed by atoms with van der Waals surface area (Å²) in [5, 5.41) is 5.61. The molecule has 110 valence electrons. The Morgan fingerprint density at radius 2 is 1.38 bits per heavy atom. The van der Waals surface area contributed by atoms with Crippen molar-refractivity contribution in [2.75, 3.05) is 28.6 Å². The third kappa shape index (κ3) is 4.24. The van der Waals surface area contributed by atoms with E-state index >= 15 is 0 Å². The van der Waals surface area contributed by atoms with Gasteiger partial charge in [0.1, 0.15) is 0 Å². The van der Waals surface area contributed by atoms with Crippen LogP contribution in [0.3, 0.4) is 0 Å². The van der Waals surface area contributed by atoms with Crippen LogP contribution in [0.2, 0.25) is 0 Å². The van der Waals surface area contributed by atoms with Gasteiger partial charge in [0, 0.05) is 30.2 Å². The molecule has 21 heavy (non-hydrogen) atoms. The monoisotopic (exact) mass is 283 g/mol. The summed E-state index contributed by atoms with van der Waals surface area (Å²) in [6, 6.07) is 17.0. The van der Waals surface area contributed by atoms with E-state index in [0.29, 0.717) is 0 Å². The van der Waals surface area contributed by atoms with Crippen LogP contribution < -0.4 is 15.5 Å². The lowest BCUT2D eigenvalue weighted by Crippen LogP contribution is -2.22. The van der Waals surface area contributed by atoms with Gasteiger partial charge in [0.05, 0.1) is 0 Å². The van der Waals surface area contributed by atoms with Crippen molar-refractivity contribution in [3.63, 3.8) is 0 Å². The molecule has 4 heteroatoms. The number of hydrogen-bond donors (Lipinski definition) is 2. The second-order valence-electron chi connectivity index (χ2n) is 4.66. The van der Waals surface area contributed by atoms with Gasteiger partial charge < -0.3 is 15.5 Å². The molecule has 2 amide bonds. The SMILES string of the molecule is CCN(CC)c1ccc(NC(=O)Nc2ccccc2)cc1. The topological polar surface area (TPSA) is 44.4 Å². The Morgan fingerprint density at radius 3 is 1.90 bits per heavy atom. The summed E-state index contributed by atoms with van der Waals surface area (Å²) in [6.45, 7) is 6.20. The van der Waals surface area contributed by atoms with Crippen LogP contribution in [0.15, 0.2) is 54.6 Å². The largest absolute Gasteiger partial charge is 0.372 e. The van der Waals surface area contributed by atoms with E-state index in [0.717, 1.165) is 30.2 Å². The molecule has 0 bridgehead atoms. The zero-order chi connectivity index (χ0) is 15.1. The Bertz CT molecular complexity index is 562. The highest BCUT2D eigenvalue weighted by Crippen LogP contribution is 2.18. The molecule has 0 aromatic heterocycles. The number of anilines is 3. The first-order chi connectivity index (χ1) is 10.2. The predicted molar refractivity (Wildman–Crippen MR) is 89.1 cm³/mol. The summed E-state index contributed by atoms with van der Waals surface area (Å²) in [5.74, 6) is 0. The van der Waals surface area contributed by atoms with E-state index in [1.807, 2.05) is 54.6 Å². The molecule has 0 aliphatic heterocycles. The van der Waals surface area contributed by atoms with E-state index in [1.165, 1.54) is 0 Å². The van der Waals surface area contributed by atoms with Crippen molar-refractivity contribution >= 4 is 23.1 Å². The first-order valence-corrected chi connectivity index (χ1v) is 7.21. The van der Waals surface area contributed by atoms with Crippen molar-refractivity contribution in [2.24, 2.45) is 0 Å². The second-order valence-corrected chi connectivity index (χ2v) is 4.66. The Labute approximate surface area is 125 Å².